The molecule has 0 saturated carbocycles. The average molecular weight is 243 g/mol. The molecule has 0 fully saturated rings. The fourth-order valence-electron chi connectivity index (χ4n) is 2.09. The highest BCUT2D eigenvalue weighted by molar-refractivity contribution is 7.37. The first-order chi connectivity index (χ1) is 8.29. The second-order valence-corrected chi connectivity index (χ2v) is 5.23. The third-order valence-electron chi connectivity index (χ3n) is 3.02. The fraction of sp³-hybridized carbons (Fsp3) is 0.143. The Bertz CT molecular complexity index is 759. The first-order valence-electron chi connectivity index (χ1n) is 5.67. The molecule has 0 aliphatic carbocycles. The first kappa shape index (κ1) is 10.5. The van der Waals surface area contributed by atoms with E-state index >= 15 is 0 Å². The van der Waals surface area contributed by atoms with Crippen molar-refractivity contribution in [3.63, 3.8) is 0 Å². The van der Waals surface area contributed by atoms with Gasteiger partial charge in [0.15, 0.2) is 5.58 Å². The van der Waals surface area contributed by atoms with Gasteiger partial charge in [0.2, 0.25) is 5.12 Å². The lowest BCUT2D eigenvalue weighted by Crippen LogP contribution is -1.80. The summed E-state index contributed by atoms with van der Waals surface area (Å²) in [6, 6.07) is 13.8. The van der Waals surface area contributed by atoms with Gasteiger partial charge in [0.25, 0.3) is 0 Å². The van der Waals surface area contributed by atoms with Gasteiger partial charge in [-0.25, -0.2) is 4.20 Å². The first-order valence-corrected chi connectivity index (χ1v) is 6.85. The largest absolute Gasteiger partial charge is 0.597 e. The average Bonchev–Trinajstić information content (AvgIpc) is 2.38. The Labute approximate surface area is 99.7 Å². The van der Waals surface area contributed by atoms with Crippen LogP contribution in [0.2, 0.25) is 0 Å². The minimum atomic E-state index is -1.76. The van der Waals surface area contributed by atoms with E-state index in [9.17, 15) is 4.57 Å². The minimum absolute atomic E-state index is 0.717. The van der Waals surface area contributed by atoms with Crippen LogP contribution in [-0.4, -0.2) is 0 Å². The van der Waals surface area contributed by atoms with Crippen molar-refractivity contribution in [3.05, 3.63) is 48.0 Å². The van der Waals surface area contributed by atoms with E-state index in [4.69, 9.17) is 4.20 Å². The van der Waals surface area contributed by atoms with E-state index in [0.717, 1.165) is 27.9 Å². The number of hydrogen-bond donors (Lipinski definition) is 0. The molecule has 0 aliphatic rings. The second-order valence-electron chi connectivity index (χ2n) is 4.05. The third kappa shape index (κ3) is 1.65. The summed E-state index contributed by atoms with van der Waals surface area (Å²) in [6.45, 7) is 2.12. The van der Waals surface area contributed by atoms with Crippen LogP contribution in [0.25, 0.3) is 21.5 Å². The van der Waals surface area contributed by atoms with Crippen LogP contribution in [0.15, 0.2) is 46.7 Å². The van der Waals surface area contributed by atoms with Crippen molar-refractivity contribution in [1.29, 1.82) is 0 Å². The van der Waals surface area contributed by atoms with Crippen molar-refractivity contribution in [2.75, 3.05) is 0 Å². The molecular formula is C14H12O2P+. The van der Waals surface area contributed by atoms with E-state index in [1.54, 1.807) is 0 Å². The molecule has 1 heterocycles. The van der Waals surface area contributed by atoms with Gasteiger partial charge in [0.05, 0.1) is 0 Å². The Balaban J connectivity index is 2.57. The summed E-state index contributed by atoms with van der Waals surface area (Å²) in [5.74, 6) is 0. The Morgan fingerprint density at radius 3 is 2.76 bits per heavy atom. The van der Waals surface area contributed by atoms with Gasteiger partial charge >= 0.3 is 7.65 Å². The third-order valence-corrected chi connectivity index (χ3v) is 4.17. The van der Waals surface area contributed by atoms with Crippen LogP contribution in [0.5, 0.6) is 0 Å². The number of rotatable bonds is 1. The Morgan fingerprint density at radius 1 is 1.12 bits per heavy atom. The number of fused-ring (bicyclic) bond motifs is 3. The molecule has 2 nitrogen and oxygen atoms in total. The van der Waals surface area contributed by atoms with E-state index < -0.39 is 7.65 Å². The topological polar surface area (TPSA) is 30.2 Å². The highest BCUT2D eigenvalue weighted by Crippen LogP contribution is 2.35. The summed E-state index contributed by atoms with van der Waals surface area (Å²) < 4.78 is 17.4. The summed E-state index contributed by atoms with van der Waals surface area (Å²) in [7, 11) is -1.76. The van der Waals surface area contributed by atoms with Gasteiger partial charge in [-0.2, -0.15) is 0 Å². The van der Waals surface area contributed by atoms with E-state index in [0.29, 0.717) is 0 Å². The van der Waals surface area contributed by atoms with Crippen LogP contribution in [0.4, 0.5) is 0 Å². The van der Waals surface area contributed by atoms with Gasteiger partial charge in [0.1, 0.15) is 0 Å². The maximum atomic E-state index is 12.0. The molecule has 3 heteroatoms. The highest BCUT2D eigenvalue weighted by Gasteiger charge is 2.15. The van der Waals surface area contributed by atoms with E-state index in [-0.39, 0.29) is 0 Å². The molecule has 0 spiro atoms. The van der Waals surface area contributed by atoms with Crippen LogP contribution < -0.4 is 0 Å². The molecule has 0 radical (unpaired) electrons. The summed E-state index contributed by atoms with van der Waals surface area (Å²) in [4.78, 5) is 0. The number of para-hydroxylation sites is 1. The second kappa shape index (κ2) is 3.97. The number of hydrogen-bond acceptors (Lipinski definition) is 2. The molecule has 0 bridgehead atoms. The lowest BCUT2D eigenvalue weighted by atomic mass is 10.1. The lowest BCUT2D eigenvalue weighted by molar-refractivity contribution is 0.563. The zero-order valence-corrected chi connectivity index (χ0v) is 10.4. The van der Waals surface area contributed by atoms with Crippen LogP contribution in [-0.2, 0) is 11.0 Å². The molecule has 0 aliphatic heterocycles. The van der Waals surface area contributed by atoms with Gasteiger partial charge in [0, 0.05) is 10.8 Å². The predicted molar refractivity (Wildman–Crippen MR) is 70.7 cm³/mol. The van der Waals surface area contributed by atoms with Crippen molar-refractivity contribution in [2.24, 2.45) is 0 Å². The molecule has 3 rings (SSSR count). The van der Waals surface area contributed by atoms with Gasteiger partial charge in [-0.05, 0) is 34.7 Å². The summed E-state index contributed by atoms with van der Waals surface area (Å²) >= 11 is 0. The molecule has 0 saturated heterocycles. The standard InChI is InChI=1S/C14H12O2P/c1-2-10-7-8-14-12(9-10)11-5-3-4-6-13(11)16-17(14)15/h3-9H,2H2,1H3/q+1. The van der Waals surface area contributed by atoms with Gasteiger partial charge in [-0.3, -0.25) is 0 Å². The van der Waals surface area contributed by atoms with Gasteiger partial charge < -0.3 is 0 Å². The van der Waals surface area contributed by atoms with E-state index in [1.165, 1.54) is 5.56 Å². The van der Waals surface area contributed by atoms with Gasteiger partial charge in [-0.1, -0.05) is 31.2 Å². The fourth-order valence-corrected chi connectivity index (χ4v) is 3.10. The van der Waals surface area contributed by atoms with Crippen LogP contribution >= 0.6 is 7.65 Å². The quantitative estimate of drug-likeness (QED) is 0.569. The van der Waals surface area contributed by atoms with E-state index in [1.807, 2.05) is 36.4 Å². The molecule has 1 aromatic heterocycles. The molecule has 17 heavy (non-hydrogen) atoms. The van der Waals surface area contributed by atoms with Crippen LogP contribution in [0.1, 0.15) is 12.5 Å². The monoisotopic (exact) mass is 243 g/mol. The molecule has 84 valence electrons. The maximum Gasteiger partial charge on any atom is 0.597 e. The summed E-state index contributed by atoms with van der Waals surface area (Å²) in [5, 5.41) is 2.88. The molecule has 3 aromatic rings. The molecular weight excluding hydrogens is 231 g/mol. The minimum Gasteiger partial charge on any atom is -0.250 e. The van der Waals surface area contributed by atoms with Crippen LogP contribution in [0.3, 0.4) is 0 Å². The Kier molecular flexibility index (Phi) is 2.45. The highest BCUT2D eigenvalue weighted by atomic mass is 31.1. The van der Waals surface area contributed by atoms with Crippen molar-refractivity contribution in [3.8, 4) is 0 Å². The lowest BCUT2D eigenvalue weighted by Gasteiger charge is -1.98. The zero-order chi connectivity index (χ0) is 11.8. The molecule has 0 amide bonds. The number of benzene rings is 2. The van der Waals surface area contributed by atoms with Crippen molar-refractivity contribution in [2.45, 2.75) is 13.3 Å². The maximum absolute atomic E-state index is 12.0. The van der Waals surface area contributed by atoms with Crippen molar-refractivity contribution in [1.82, 2.24) is 0 Å². The van der Waals surface area contributed by atoms with Crippen molar-refractivity contribution < 1.29 is 8.76 Å². The van der Waals surface area contributed by atoms with Gasteiger partial charge in [-0.15, -0.1) is 0 Å². The Morgan fingerprint density at radius 2 is 1.94 bits per heavy atom. The smallest absolute Gasteiger partial charge is 0.250 e. The normalized spacial score (nSPS) is 12.2. The molecule has 1 atom stereocenters. The zero-order valence-electron chi connectivity index (χ0n) is 9.51. The predicted octanol–water partition coefficient (Wildman–Crippen LogP) is 4.89. The summed E-state index contributed by atoms with van der Waals surface area (Å²) in [5.41, 5.74) is 1.97. The SMILES string of the molecule is CCc1ccc2c(c1)c1ccccc1o[p+]2=O. The molecule has 2 aromatic carbocycles. The molecule has 1 unspecified atom stereocenters. The Hall–Kier alpha value is -1.66. The summed E-state index contributed by atoms with van der Waals surface area (Å²) in [6.07, 6.45) is 0.979. The molecule has 0 N–H and O–H groups in total. The number of aryl methyl sites for hydroxylation is 1. The van der Waals surface area contributed by atoms with Crippen molar-refractivity contribution >= 4 is 29.1 Å². The van der Waals surface area contributed by atoms with Crippen LogP contribution in [0, 0.1) is 0 Å². The van der Waals surface area contributed by atoms with E-state index in [2.05, 4.69) is 13.0 Å².